The van der Waals surface area contributed by atoms with Crippen LogP contribution < -0.4 is 0 Å². The van der Waals surface area contributed by atoms with Gasteiger partial charge in [-0.25, -0.2) is 0 Å². The minimum absolute atomic E-state index is 0.0311. The number of carbonyl (C=O) groups is 1. The molecule has 0 bridgehead atoms. The normalized spacial score (nSPS) is 38.0. The highest BCUT2D eigenvalue weighted by Crippen LogP contribution is 2.51. The van der Waals surface area contributed by atoms with Crippen molar-refractivity contribution >= 4 is 5.78 Å². The number of ketones is 1. The van der Waals surface area contributed by atoms with Crippen molar-refractivity contribution in [3.05, 3.63) is 23.3 Å². The molecule has 1 N–H and O–H groups in total. The number of allylic oxidation sites excluding steroid dienone is 2. The topological polar surface area (TPSA) is 37.3 Å². The number of Topliss-reactive ketones (excluding diaryl/α,β-unsaturated/α-hetero) is 1. The van der Waals surface area contributed by atoms with Gasteiger partial charge in [0.15, 0.2) is 5.78 Å². The van der Waals surface area contributed by atoms with Crippen LogP contribution in [0.4, 0.5) is 0 Å². The Labute approximate surface area is 103 Å². The summed E-state index contributed by atoms with van der Waals surface area (Å²) < 4.78 is 0. The molecule has 2 rings (SSSR count). The lowest BCUT2D eigenvalue weighted by Crippen LogP contribution is -2.41. The predicted octanol–water partition coefficient (Wildman–Crippen LogP) is 3.02. The summed E-state index contributed by atoms with van der Waals surface area (Å²) in [5.41, 5.74) is 3.27. The van der Waals surface area contributed by atoms with Crippen molar-refractivity contribution in [2.45, 2.75) is 52.6 Å². The molecule has 17 heavy (non-hydrogen) atoms. The monoisotopic (exact) mass is 234 g/mol. The third-order valence-electron chi connectivity index (χ3n) is 4.68. The minimum atomic E-state index is -0.303. The Kier molecular flexibility index (Phi) is 3.03. The van der Waals surface area contributed by atoms with E-state index in [9.17, 15) is 9.90 Å². The van der Waals surface area contributed by atoms with Crippen molar-refractivity contribution in [2.24, 2.45) is 11.3 Å². The van der Waals surface area contributed by atoms with E-state index in [0.29, 0.717) is 6.42 Å². The van der Waals surface area contributed by atoms with Crippen LogP contribution in [-0.2, 0) is 4.79 Å². The van der Waals surface area contributed by atoms with Crippen LogP contribution >= 0.6 is 0 Å². The van der Waals surface area contributed by atoms with E-state index in [1.807, 2.05) is 13.8 Å². The maximum atomic E-state index is 11.8. The Morgan fingerprint density at radius 2 is 2.18 bits per heavy atom. The largest absolute Gasteiger partial charge is 0.392 e. The summed E-state index contributed by atoms with van der Waals surface area (Å²) >= 11 is 0. The third-order valence-corrected chi connectivity index (χ3v) is 4.68. The SMILES string of the molecule is C=C(C)[C@@H]1CC2=C(C)C(=O)CC[C@]2(C)C[C@H]1O. The summed E-state index contributed by atoms with van der Waals surface area (Å²) in [7, 11) is 0. The second-order valence-electron chi connectivity index (χ2n) is 6.02. The number of hydrogen-bond donors (Lipinski definition) is 1. The van der Waals surface area contributed by atoms with E-state index < -0.39 is 0 Å². The highest BCUT2D eigenvalue weighted by molar-refractivity contribution is 5.96. The van der Waals surface area contributed by atoms with Crippen LogP contribution in [0.25, 0.3) is 0 Å². The zero-order valence-electron chi connectivity index (χ0n) is 11.0. The molecule has 0 aromatic heterocycles. The summed E-state index contributed by atoms with van der Waals surface area (Å²) in [5.74, 6) is 0.410. The fraction of sp³-hybridized carbons (Fsp3) is 0.667. The van der Waals surface area contributed by atoms with Gasteiger partial charge in [0.1, 0.15) is 0 Å². The smallest absolute Gasteiger partial charge is 0.158 e. The molecular formula is C15H22O2. The first-order valence-corrected chi connectivity index (χ1v) is 6.42. The van der Waals surface area contributed by atoms with E-state index in [2.05, 4.69) is 13.5 Å². The molecule has 2 heteroatoms. The van der Waals surface area contributed by atoms with E-state index >= 15 is 0 Å². The number of fused-ring (bicyclic) bond motifs is 1. The maximum Gasteiger partial charge on any atom is 0.158 e. The van der Waals surface area contributed by atoms with Gasteiger partial charge >= 0.3 is 0 Å². The zero-order chi connectivity index (χ0) is 12.8. The van der Waals surface area contributed by atoms with E-state index in [0.717, 1.165) is 30.4 Å². The van der Waals surface area contributed by atoms with Gasteiger partial charge in [0.25, 0.3) is 0 Å². The van der Waals surface area contributed by atoms with E-state index in [4.69, 9.17) is 0 Å². The molecule has 2 nitrogen and oxygen atoms in total. The Morgan fingerprint density at radius 3 is 2.76 bits per heavy atom. The van der Waals surface area contributed by atoms with Gasteiger partial charge in [-0.1, -0.05) is 24.6 Å². The van der Waals surface area contributed by atoms with Gasteiger partial charge in [-0.3, -0.25) is 4.79 Å². The molecular weight excluding hydrogens is 212 g/mol. The van der Waals surface area contributed by atoms with Crippen LogP contribution in [0, 0.1) is 11.3 Å². The lowest BCUT2D eigenvalue weighted by molar-refractivity contribution is -0.117. The lowest BCUT2D eigenvalue weighted by Gasteiger charge is -2.46. The molecule has 2 aliphatic carbocycles. The third kappa shape index (κ3) is 1.99. The van der Waals surface area contributed by atoms with Gasteiger partial charge < -0.3 is 5.11 Å². The highest BCUT2D eigenvalue weighted by atomic mass is 16.3. The summed E-state index contributed by atoms with van der Waals surface area (Å²) in [4.78, 5) is 11.8. The van der Waals surface area contributed by atoms with Crippen LogP contribution in [0.3, 0.4) is 0 Å². The molecule has 0 unspecified atom stereocenters. The summed E-state index contributed by atoms with van der Waals surface area (Å²) in [6.45, 7) is 10.1. The summed E-state index contributed by atoms with van der Waals surface area (Å²) in [6.07, 6.45) is 2.80. The zero-order valence-corrected chi connectivity index (χ0v) is 11.0. The highest BCUT2D eigenvalue weighted by Gasteiger charge is 2.44. The number of aliphatic hydroxyl groups excluding tert-OH is 1. The number of hydrogen-bond acceptors (Lipinski definition) is 2. The first-order chi connectivity index (χ1) is 7.85. The number of carbonyl (C=O) groups excluding carboxylic acids is 1. The van der Waals surface area contributed by atoms with Crippen molar-refractivity contribution in [2.75, 3.05) is 0 Å². The second kappa shape index (κ2) is 4.09. The molecule has 0 amide bonds. The molecule has 3 atom stereocenters. The molecule has 0 radical (unpaired) electrons. The molecule has 0 spiro atoms. The second-order valence-corrected chi connectivity index (χ2v) is 6.02. The Balaban J connectivity index is 2.40. The standard InChI is InChI=1S/C15H22O2/c1-9(2)11-7-12-10(3)13(16)5-6-15(12,4)8-14(11)17/h11,14,17H,1,5-8H2,2-4H3/t11-,14+,15+/m0/s1. The summed E-state index contributed by atoms with van der Waals surface area (Å²) in [5, 5.41) is 10.2. The Hall–Kier alpha value is -0.890. The van der Waals surface area contributed by atoms with E-state index in [-0.39, 0.29) is 23.2 Å². The molecule has 0 aromatic rings. The molecule has 0 saturated heterocycles. The number of rotatable bonds is 1. The van der Waals surface area contributed by atoms with Crippen LogP contribution in [0.15, 0.2) is 23.3 Å². The fourth-order valence-electron chi connectivity index (χ4n) is 3.44. The molecule has 1 fully saturated rings. The van der Waals surface area contributed by atoms with Crippen molar-refractivity contribution in [1.29, 1.82) is 0 Å². The first-order valence-electron chi connectivity index (χ1n) is 6.42. The van der Waals surface area contributed by atoms with Crippen LogP contribution in [0.5, 0.6) is 0 Å². The Bertz CT molecular complexity index is 405. The molecule has 94 valence electrons. The minimum Gasteiger partial charge on any atom is -0.392 e. The van der Waals surface area contributed by atoms with Gasteiger partial charge in [0, 0.05) is 12.3 Å². The molecule has 0 heterocycles. The maximum absolute atomic E-state index is 11.8. The van der Waals surface area contributed by atoms with Crippen LogP contribution in [0.1, 0.15) is 46.5 Å². The van der Waals surface area contributed by atoms with Crippen molar-refractivity contribution in [3.8, 4) is 0 Å². The lowest BCUT2D eigenvalue weighted by atomic mass is 9.60. The fourth-order valence-corrected chi connectivity index (χ4v) is 3.44. The van der Waals surface area contributed by atoms with Gasteiger partial charge in [0.2, 0.25) is 0 Å². The molecule has 0 aliphatic heterocycles. The van der Waals surface area contributed by atoms with E-state index in [1.54, 1.807) is 0 Å². The van der Waals surface area contributed by atoms with Crippen molar-refractivity contribution in [1.82, 2.24) is 0 Å². The van der Waals surface area contributed by atoms with Crippen LogP contribution in [-0.4, -0.2) is 17.0 Å². The summed E-state index contributed by atoms with van der Waals surface area (Å²) in [6, 6.07) is 0. The van der Waals surface area contributed by atoms with Gasteiger partial charge in [0.05, 0.1) is 6.10 Å². The molecule has 0 aromatic carbocycles. The predicted molar refractivity (Wildman–Crippen MR) is 68.6 cm³/mol. The van der Waals surface area contributed by atoms with Gasteiger partial charge in [-0.2, -0.15) is 0 Å². The number of aliphatic hydroxyl groups is 1. The molecule has 1 saturated carbocycles. The Morgan fingerprint density at radius 1 is 1.53 bits per heavy atom. The first kappa shape index (κ1) is 12.6. The quantitative estimate of drug-likeness (QED) is 0.708. The van der Waals surface area contributed by atoms with Crippen molar-refractivity contribution in [3.63, 3.8) is 0 Å². The average molecular weight is 234 g/mol. The van der Waals surface area contributed by atoms with Gasteiger partial charge in [-0.15, -0.1) is 0 Å². The van der Waals surface area contributed by atoms with E-state index in [1.165, 1.54) is 5.57 Å². The molecule has 2 aliphatic rings. The average Bonchev–Trinajstić information content (AvgIpc) is 2.23. The van der Waals surface area contributed by atoms with Gasteiger partial charge in [-0.05, 0) is 44.1 Å². The van der Waals surface area contributed by atoms with Crippen molar-refractivity contribution < 1.29 is 9.90 Å². The van der Waals surface area contributed by atoms with Crippen LogP contribution in [0.2, 0.25) is 0 Å².